The van der Waals surface area contributed by atoms with E-state index in [0.717, 1.165) is 23.2 Å². The van der Waals surface area contributed by atoms with E-state index in [1.54, 1.807) is 13.8 Å². The van der Waals surface area contributed by atoms with Gasteiger partial charge in [-0.3, -0.25) is 0 Å². The maximum Gasteiger partial charge on any atom is 0.130 e. The van der Waals surface area contributed by atoms with E-state index in [1.165, 1.54) is 12.8 Å². The number of benzene rings is 1. The minimum Gasteiger partial charge on any atom is -0.380 e. The summed E-state index contributed by atoms with van der Waals surface area (Å²) in [6.45, 7) is 5.25. The Hall–Kier alpha value is -0.610. The summed E-state index contributed by atoms with van der Waals surface area (Å²) in [6, 6.07) is 6.12. The van der Waals surface area contributed by atoms with Crippen LogP contribution in [0.3, 0.4) is 0 Å². The molecular formula is C14H20BrFN2. The lowest BCUT2D eigenvalue weighted by Crippen LogP contribution is -2.38. The van der Waals surface area contributed by atoms with E-state index >= 15 is 0 Å². The first-order valence-electron chi connectivity index (χ1n) is 6.43. The largest absolute Gasteiger partial charge is 0.380 e. The zero-order valence-electron chi connectivity index (χ0n) is 10.9. The van der Waals surface area contributed by atoms with Crippen molar-refractivity contribution in [2.24, 2.45) is 0 Å². The van der Waals surface area contributed by atoms with Gasteiger partial charge < -0.3 is 10.6 Å². The van der Waals surface area contributed by atoms with Crippen molar-refractivity contribution in [1.82, 2.24) is 5.32 Å². The van der Waals surface area contributed by atoms with Gasteiger partial charge in [0.05, 0.1) is 0 Å². The number of rotatable bonds is 3. The molecule has 0 aromatic heterocycles. The maximum absolute atomic E-state index is 13.8. The van der Waals surface area contributed by atoms with Crippen LogP contribution in [0.15, 0.2) is 22.7 Å². The minimum absolute atomic E-state index is 0.458. The molecule has 1 aromatic carbocycles. The molecule has 0 saturated carbocycles. The van der Waals surface area contributed by atoms with Crippen molar-refractivity contribution in [3.63, 3.8) is 0 Å². The second kappa shape index (κ2) is 5.57. The highest BCUT2D eigenvalue weighted by atomic mass is 79.9. The summed E-state index contributed by atoms with van der Waals surface area (Å²) in [5.41, 5.74) is 0.436. The van der Waals surface area contributed by atoms with Gasteiger partial charge >= 0.3 is 0 Å². The summed E-state index contributed by atoms with van der Waals surface area (Å²) in [5.74, 6) is 0. The fourth-order valence-corrected chi connectivity index (χ4v) is 2.69. The average Bonchev–Trinajstić information content (AvgIpc) is 2.32. The maximum atomic E-state index is 13.8. The number of nitrogens with one attached hydrogen (secondary N) is 2. The topological polar surface area (TPSA) is 24.1 Å². The first-order chi connectivity index (χ1) is 8.47. The van der Waals surface area contributed by atoms with Crippen LogP contribution in [0.1, 0.15) is 32.3 Å². The standard InChI is InChI=1S/C14H20BrFN2/c1-14(2,16)10-5-6-13(12(15)8-10)18-11-4-3-7-17-9-11/h5-6,8,11,17-18H,3-4,7,9H2,1-2H3. The number of alkyl halides is 1. The zero-order chi connectivity index (χ0) is 13.2. The van der Waals surface area contributed by atoms with Gasteiger partial charge in [0.25, 0.3) is 0 Å². The Morgan fingerprint density at radius 1 is 1.44 bits per heavy atom. The molecule has 2 rings (SSSR count). The second-order valence-electron chi connectivity index (χ2n) is 5.35. The highest BCUT2D eigenvalue weighted by molar-refractivity contribution is 9.10. The third-order valence-corrected chi connectivity index (χ3v) is 3.97. The molecule has 1 aromatic rings. The normalized spacial score (nSPS) is 20.8. The Morgan fingerprint density at radius 2 is 2.22 bits per heavy atom. The molecule has 1 atom stereocenters. The van der Waals surface area contributed by atoms with Crippen molar-refractivity contribution in [3.8, 4) is 0 Å². The van der Waals surface area contributed by atoms with Crippen LogP contribution >= 0.6 is 15.9 Å². The number of halogens is 2. The molecule has 100 valence electrons. The van der Waals surface area contributed by atoms with Crippen LogP contribution in [-0.4, -0.2) is 19.1 Å². The van der Waals surface area contributed by atoms with Crippen molar-refractivity contribution in [2.75, 3.05) is 18.4 Å². The van der Waals surface area contributed by atoms with Crippen LogP contribution in [0.25, 0.3) is 0 Å². The smallest absolute Gasteiger partial charge is 0.130 e. The number of piperidine rings is 1. The minimum atomic E-state index is -1.30. The van der Waals surface area contributed by atoms with Crippen molar-refractivity contribution >= 4 is 21.6 Å². The Morgan fingerprint density at radius 3 is 2.78 bits per heavy atom. The van der Waals surface area contributed by atoms with Gasteiger partial charge in [-0.1, -0.05) is 6.07 Å². The molecular weight excluding hydrogens is 295 g/mol. The molecule has 1 heterocycles. The molecule has 0 aliphatic carbocycles. The molecule has 1 aliphatic heterocycles. The van der Waals surface area contributed by atoms with Crippen LogP contribution in [0.5, 0.6) is 0 Å². The molecule has 0 amide bonds. The van der Waals surface area contributed by atoms with Gasteiger partial charge in [-0.25, -0.2) is 4.39 Å². The van der Waals surface area contributed by atoms with Crippen molar-refractivity contribution in [1.29, 1.82) is 0 Å². The van der Waals surface area contributed by atoms with Crippen molar-refractivity contribution < 1.29 is 4.39 Å². The lowest BCUT2D eigenvalue weighted by atomic mass is 10.00. The van der Waals surface area contributed by atoms with Gasteiger partial charge in [0.15, 0.2) is 0 Å². The van der Waals surface area contributed by atoms with Gasteiger partial charge in [-0.05, 0) is 66.9 Å². The molecule has 0 radical (unpaired) electrons. The highest BCUT2D eigenvalue weighted by Gasteiger charge is 2.20. The van der Waals surface area contributed by atoms with Gasteiger partial charge in [0.1, 0.15) is 5.67 Å². The predicted molar refractivity (Wildman–Crippen MR) is 77.8 cm³/mol. The summed E-state index contributed by atoms with van der Waals surface area (Å²) in [5, 5.41) is 6.87. The van der Waals surface area contributed by atoms with E-state index in [2.05, 4.69) is 26.6 Å². The molecule has 2 nitrogen and oxygen atoms in total. The second-order valence-corrected chi connectivity index (χ2v) is 6.21. The van der Waals surface area contributed by atoms with Gasteiger partial charge in [-0.15, -0.1) is 0 Å². The van der Waals surface area contributed by atoms with Crippen LogP contribution in [0.4, 0.5) is 10.1 Å². The molecule has 18 heavy (non-hydrogen) atoms. The quantitative estimate of drug-likeness (QED) is 0.886. The third-order valence-electron chi connectivity index (χ3n) is 3.31. The zero-order valence-corrected chi connectivity index (χ0v) is 12.5. The van der Waals surface area contributed by atoms with E-state index in [4.69, 9.17) is 0 Å². The van der Waals surface area contributed by atoms with E-state index < -0.39 is 5.67 Å². The Balaban J connectivity index is 2.09. The van der Waals surface area contributed by atoms with Crippen LogP contribution in [0.2, 0.25) is 0 Å². The van der Waals surface area contributed by atoms with Gasteiger partial charge in [0.2, 0.25) is 0 Å². The number of hydrogen-bond donors (Lipinski definition) is 2. The molecule has 1 saturated heterocycles. The van der Waals surface area contributed by atoms with Crippen LogP contribution in [-0.2, 0) is 5.67 Å². The van der Waals surface area contributed by atoms with Crippen LogP contribution < -0.4 is 10.6 Å². The molecule has 4 heteroatoms. The third kappa shape index (κ3) is 3.45. The molecule has 0 spiro atoms. The fraction of sp³-hybridized carbons (Fsp3) is 0.571. The van der Waals surface area contributed by atoms with Crippen molar-refractivity contribution in [3.05, 3.63) is 28.2 Å². The van der Waals surface area contributed by atoms with E-state index in [1.807, 2.05) is 18.2 Å². The Bertz CT molecular complexity index is 409. The summed E-state index contributed by atoms with van der Waals surface area (Å²) >= 11 is 3.52. The average molecular weight is 315 g/mol. The van der Waals surface area contributed by atoms with Gasteiger partial charge in [-0.2, -0.15) is 0 Å². The Kier molecular flexibility index (Phi) is 4.28. The molecule has 1 fully saturated rings. The lowest BCUT2D eigenvalue weighted by Gasteiger charge is -2.26. The van der Waals surface area contributed by atoms with E-state index in [9.17, 15) is 4.39 Å². The van der Waals surface area contributed by atoms with E-state index in [-0.39, 0.29) is 0 Å². The first-order valence-corrected chi connectivity index (χ1v) is 7.22. The highest BCUT2D eigenvalue weighted by Crippen LogP contribution is 2.31. The molecule has 0 bridgehead atoms. The summed E-state index contributed by atoms with van der Waals surface area (Å²) in [6.07, 6.45) is 2.38. The fourth-order valence-electron chi connectivity index (χ4n) is 2.20. The predicted octanol–water partition coefficient (Wildman–Crippen LogP) is 3.82. The number of anilines is 1. The van der Waals surface area contributed by atoms with Crippen molar-refractivity contribution in [2.45, 2.75) is 38.4 Å². The van der Waals surface area contributed by atoms with Crippen LogP contribution in [0, 0.1) is 0 Å². The first kappa shape index (κ1) is 13.8. The summed E-state index contributed by atoms with van der Waals surface area (Å²) in [4.78, 5) is 0. The van der Waals surface area contributed by atoms with E-state index in [0.29, 0.717) is 11.6 Å². The molecule has 2 N–H and O–H groups in total. The molecule has 1 aliphatic rings. The van der Waals surface area contributed by atoms with Gasteiger partial charge in [0, 0.05) is 22.7 Å². The number of hydrogen-bond acceptors (Lipinski definition) is 2. The SMILES string of the molecule is CC(C)(F)c1ccc(NC2CCCNC2)c(Br)c1. The Labute approximate surface area is 116 Å². The summed E-state index contributed by atoms with van der Waals surface area (Å²) < 4.78 is 14.8. The lowest BCUT2D eigenvalue weighted by molar-refractivity contribution is 0.221. The monoisotopic (exact) mass is 314 g/mol. The summed E-state index contributed by atoms with van der Waals surface area (Å²) in [7, 11) is 0. The molecule has 1 unspecified atom stereocenters.